The number of Topliss-reactive ketones (excluding diaryl/α,β-unsaturated/α-hetero) is 1. The van der Waals surface area contributed by atoms with Crippen LogP contribution >= 0.6 is 0 Å². The number of aromatic hydroxyl groups is 1. The number of hydrogen-bond acceptors (Lipinski definition) is 3. The van der Waals surface area contributed by atoms with Crippen molar-refractivity contribution in [3.63, 3.8) is 0 Å². The van der Waals surface area contributed by atoms with Gasteiger partial charge in [-0.05, 0) is 12.1 Å². The van der Waals surface area contributed by atoms with Gasteiger partial charge in [0.1, 0.15) is 11.6 Å². The van der Waals surface area contributed by atoms with Crippen molar-refractivity contribution in [1.82, 2.24) is 5.32 Å². The van der Waals surface area contributed by atoms with Crippen LogP contribution in [-0.4, -0.2) is 23.3 Å². The average molecular weight is 253 g/mol. The summed E-state index contributed by atoms with van der Waals surface area (Å²) in [6.07, 6.45) is 0. The molecule has 0 aliphatic heterocycles. The second kappa shape index (κ2) is 5.16. The fourth-order valence-electron chi connectivity index (χ4n) is 1.22. The zero-order chi connectivity index (χ0) is 13.9. The van der Waals surface area contributed by atoms with Crippen LogP contribution in [0.4, 0.5) is 4.39 Å². The van der Waals surface area contributed by atoms with Crippen molar-refractivity contribution >= 4 is 11.7 Å². The van der Waals surface area contributed by atoms with Crippen molar-refractivity contribution in [3.05, 3.63) is 29.6 Å². The number of phenols is 1. The van der Waals surface area contributed by atoms with Crippen LogP contribution < -0.4 is 5.32 Å². The lowest BCUT2D eigenvalue weighted by molar-refractivity contribution is -0.125. The molecule has 1 aromatic carbocycles. The van der Waals surface area contributed by atoms with E-state index in [0.29, 0.717) is 0 Å². The topological polar surface area (TPSA) is 66.4 Å². The van der Waals surface area contributed by atoms with Gasteiger partial charge in [-0.25, -0.2) is 4.39 Å². The summed E-state index contributed by atoms with van der Waals surface area (Å²) in [5.74, 6) is -1.81. The number of hydrogen-bond donors (Lipinski definition) is 2. The van der Waals surface area contributed by atoms with Crippen LogP contribution in [0.2, 0.25) is 0 Å². The summed E-state index contributed by atoms with van der Waals surface area (Å²) in [6, 6.07) is 3.09. The van der Waals surface area contributed by atoms with E-state index in [1.807, 2.05) is 0 Å². The molecular weight excluding hydrogens is 237 g/mol. The smallest absolute Gasteiger partial charge is 0.255 e. The summed E-state index contributed by atoms with van der Waals surface area (Å²) in [4.78, 5) is 23.3. The van der Waals surface area contributed by atoms with Crippen LogP contribution in [0.1, 0.15) is 31.1 Å². The molecule has 0 radical (unpaired) electrons. The van der Waals surface area contributed by atoms with Crippen LogP contribution in [0.25, 0.3) is 0 Å². The van der Waals surface area contributed by atoms with Crippen molar-refractivity contribution < 1.29 is 19.1 Å². The van der Waals surface area contributed by atoms with Crippen molar-refractivity contribution in [3.8, 4) is 5.75 Å². The Bertz CT molecular complexity index is 478. The van der Waals surface area contributed by atoms with Crippen LogP contribution in [0.3, 0.4) is 0 Å². The fraction of sp³-hybridized carbons (Fsp3) is 0.385. The van der Waals surface area contributed by atoms with Crippen LogP contribution in [-0.2, 0) is 4.79 Å². The first-order valence-electron chi connectivity index (χ1n) is 5.52. The first-order valence-corrected chi connectivity index (χ1v) is 5.52. The van der Waals surface area contributed by atoms with Crippen molar-refractivity contribution in [1.29, 1.82) is 0 Å². The first-order chi connectivity index (χ1) is 8.21. The molecule has 5 heteroatoms. The molecule has 1 amide bonds. The Morgan fingerprint density at radius 1 is 1.33 bits per heavy atom. The summed E-state index contributed by atoms with van der Waals surface area (Å²) in [5.41, 5.74) is -0.601. The van der Waals surface area contributed by atoms with Crippen molar-refractivity contribution in [2.45, 2.75) is 20.8 Å². The number of carbonyl (C=O) groups excluding carboxylic acids is 2. The summed E-state index contributed by atoms with van der Waals surface area (Å²) in [5, 5.41) is 11.8. The largest absolute Gasteiger partial charge is 0.507 e. The molecule has 0 unspecified atom stereocenters. The van der Waals surface area contributed by atoms with Gasteiger partial charge in [0, 0.05) is 11.5 Å². The highest BCUT2D eigenvalue weighted by Crippen LogP contribution is 2.18. The molecule has 0 spiro atoms. The number of phenolic OH excluding ortho intramolecular Hbond substituents is 1. The van der Waals surface area contributed by atoms with Crippen LogP contribution in [0.15, 0.2) is 18.2 Å². The van der Waals surface area contributed by atoms with E-state index < -0.39 is 22.9 Å². The minimum Gasteiger partial charge on any atom is -0.507 e. The van der Waals surface area contributed by atoms with E-state index in [1.165, 1.54) is 6.07 Å². The molecule has 0 aliphatic carbocycles. The molecule has 0 aromatic heterocycles. The number of amides is 1. The van der Waals surface area contributed by atoms with Gasteiger partial charge in [-0.15, -0.1) is 0 Å². The maximum Gasteiger partial charge on any atom is 0.255 e. The van der Waals surface area contributed by atoms with E-state index in [-0.39, 0.29) is 17.9 Å². The van der Waals surface area contributed by atoms with Crippen LogP contribution in [0, 0.1) is 11.2 Å². The fourth-order valence-corrected chi connectivity index (χ4v) is 1.22. The molecule has 0 aliphatic rings. The molecule has 0 heterocycles. The molecule has 4 nitrogen and oxygen atoms in total. The third-order valence-electron chi connectivity index (χ3n) is 2.45. The van der Waals surface area contributed by atoms with Crippen molar-refractivity contribution in [2.75, 3.05) is 6.54 Å². The minimum absolute atomic E-state index is 0.0573. The van der Waals surface area contributed by atoms with Gasteiger partial charge < -0.3 is 10.4 Å². The number of ketones is 1. The lowest BCUT2D eigenvalue weighted by atomic mass is 9.91. The lowest BCUT2D eigenvalue weighted by Crippen LogP contribution is -2.35. The molecule has 0 fully saturated rings. The highest BCUT2D eigenvalue weighted by Gasteiger charge is 2.22. The van der Waals surface area contributed by atoms with Gasteiger partial charge in [0.15, 0.2) is 5.78 Å². The zero-order valence-corrected chi connectivity index (χ0v) is 10.6. The van der Waals surface area contributed by atoms with Gasteiger partial charge in [-0.3, -0.25) is 9.59 Å². The predicted molar refractivity (Wildman–Crippen MR) is 64.9 cm³/mol. The Kier molecular flexibility index (Phi) is 4.06. The molecule has 1 rings (SSSR count). The van der Waals surface area contributed by atoms with E-state index in [1.54, 1.807) is 20.8 Å². The molecule has 18 heavy (non-hydrogen) atoms. The normalized spacial score (nSPS) is 11.1. The van der Waals surface area contributed by atoms with Crippen molar-refractivity contribution in [2.24, 2.45) is 5.41 Å². The maximum atomic E-state index is 12.7. The lowest BCUT2D eigenvalue weighted by Gasteiger charge is -2.16. The quantitative estimate of drug-likeness (QED) is 0.864. The Labute approximate surface area is 105 Å². The Morgan fingerprint density at radius 2 is 1.94 bits per heavy atom. The molecule has 0 bridgehead atoms. The van der Waals surface area contributed by atoms with E-state index in [9.17, 15) is 19.1 Å². The zero-order valence-electron chi connectivity index (χ0n) is 10.6. The molecule has 98 valence electrons. The Hall–Kier alpha value is -1.91. The standard InChI is InChI=1S/C13H16FNO3/c1-13(2,3)11(17)7-15-12(18)9-5-4-8(14)6-10(9)16/h4-6,16H,7H2,1-3H3,(H,15,18). The number of nitrogens with one attached hydrogen (secondary N) is 1. The summed E-state index contributed by atoms with van der Waals surface area (Å²) < 4.78 is 12.7. The maximum absolute atomic E-state index is 12.7. The summed E-state index contributed by atoms with van der Waals surface area (Å²) in [7, 11) is 0. The highest BCUT2D eigenvalue weighted by molar-refractivity contribution is 5.99. The van der Waals surface area contributed by atoms with E-state index >= 15 is 0 Å². The first kappa shape index (κ1) is 14.2. The number of carbonyl (C=O) groups is 2. The number of rotatable bonds is 3. The van der Waals surface area contributed by atoms with Gasteiger partial charge in [0.05, 0.1) is 12.1 Å². The molecular formula is C13H16FNO3. The SMILES string of the molecule is CC(C)(C)C(=O)CNC(=O)c1ccc(F)cc1O. The number of halogens is 1. The summed E-state index contributed by atoms with van der Waals surface area (Å²) >= 11 is 0. The monoisotopic (exact) mass is 253 g/mol. The second-order valence-electron chi connectivity index (χ2n) is 5.02. The Balaban J connectivity index is 2.70. The third kappa shape index (κ3) is 3.55. The van der Waals surface area contributed by atoms with Gasteiger partial charge >= 0.3 is 0 Å². The third-order valence-corrected chi connectivity index (χ3v) is 2.45. The van der Waals surface area contributed by atoms with Gasteiger partial charge in [-0.2, -0.15) is 0 Å². The average Bonchev–Trinajstić information content (AvgIpc) is 2.24. The van der Waals surface area contributed by atoms with E-state index in [2.05, 4.69) is 5.32 Å². The summed E-state index contributed by atoms with van der Waals surface area (Å²) in [6.45, 7) is 5.11. The second-order valence-corrected chi connectivity index (χ2v) is 5.02. The van der Waals surface area contributed by atoms with E-state index in [4.69, 9.17) is 0 Å². The van der Waals surface area contributed by atoms with E-state index in [0.717, 1.165) is 12.1 Å². The molecule has 0 atom stereocenters. The minimum atomic E-state index is -0.630. The molecule has 2 N–H and O–H groups in total. The number of benzene rings is 1. The predicted octanol–water partition coefficient (Wildman–Crippen LogP) is 1.88. The van der Waals surface area contributed by atoms with Gasteiger partial charge in [-0.1, -0.05) is 20.8 Å². The highest BCUT2D eigenvalue weighted by atomic mass is 19.1. The van der Waals surface area contributed by atoms with Crippen LogP contribution in [0.5, 0.6) is 5.75 Å². The molecule has 0 saturated carbocycles. The van der Waals surface area contributed by atoms with Gasteiger partial charge in [0.2, 0.25) is 0 Å². The Morgan fingerprint density at radius 3 is 2.44 bits per heavy atom. The van der Waals surface area contributed by atoms with Gasteiger partial charge in [0.25, 0.3) is 5.91 Å². The molecule has 0 saturated heterocycles. The molecule has 1 aromatic rings.